The highest BCUT2D eigenvalue weighted by molar-refractivity contribution is 5.75. The standard InChI is InChI=1S/C14H11N3O2/c1-16-13(18)11-8-5-9-15-12(11)17(14(16)19)10-6-3-2-4-7-10/h2-9H,1H3. The molecule has 0 aliphatic carbocycles. The van der Waals surface area contributed by atoms with E-state index in [-0.39, 0.29) is 5.56 Å². The largest absolute Gasteiger partial charge is 0.337 e. The molecule has 2 heterocycles. The third-order valence-electron chi connectivity index (χ3n) is 3.03. The lowest BCUT2D eigenvalue weighted by Crippen LogP contribution is -2.37. The Morgan fingerprint density at radius 1 is 1.00 bits per heavy atom. The number of nitrogens with zero attached hydrogens (tertiary/aromatic N) is 3. The summed E-state index contributed by atoms with van der Waals surface area (Å²) in [5, 5.41) is 0.424. The Bertz CT molecular complexity index is 863. The summed E-state index contributed by atoms with van der Waals surface area (Å²) in [6, 6.07) is 12.5. The summed E-state index contributed by atoms with van der Waals surface area (Å²) in [4.78, 5) is 28.5. The summed E-state index contributed by atoms with van der Waals surface area (Å²) in [5.74, 6) is 0. The van der Waals surface area contributed by atoms with Gasteiger partial charge in [0.1, 0.15) is 0 Å². The minimum absolute atomic E-state index is 0.333. The summed E-state index contributed by atoms with van der Waals surface area (Å²) in [7, 11) is 1.47. The predicted molar refractivity (Wildman–Crippen MR) is 72.6 cm³/mol. The van der Waals surface area contributed by atoms with E-state index in [0.29, 0.717) is 16.7 Å². The van der Waals surface area contributed by atoms with Gasteiger partial charge in [-0.1, -0.05) is 18.2 Å². The highest BCUT2D eigenvalue weighted by Gasteiger charge is 2.12. The maximum atomic E-state index is 12.3. The second kappa shape index (κ2) is 4.20. The first-order chi connectivity index (χ1) is 9.20. The van der Waals surface area contributed by atoms with Gasteiger partial charge in [0.05, 0.1) is 11.1 Å². The molecule has 2 aromatic heterocycles. The third kappa shape index (κ3) is 1.67. The van der Waals surface area contributed by atoms with E-state index < -0.39 is 5.69 Å². The van der Waals surface area contributed by atoms with Crippen molar-refractivity contribution < 1.29 is 0 Å². The quantitative estimate of drug-likeness (QED) is 0.652. The van der Waals surface area contributed by atoms with Crippen molar-refractivity contribution in [3.05, 3.63) is 69.5 Å². The molecule has 0 aliphatic heterocycles. The normalized spacial score (nSPS) is 10.8. The molecule has 0 radical (unpaired) electrons. The molecule has 5 nitrogen and oxygen atoms in total. The SMILES string of the molecule is Cn1c(=O)c2cccnc2n(-c2ccccc2)c1=O. The van der Waals surface area contributed by atoms with Gasteiger partial charge in [-0.3, -0.25) is 9.36 Å². The van der Waals surface area contributed by atoms with Crippen molar-refractivity contribution in [2.45, 2.75) is 0 Å². The number of hydrogen-bond donors (Lipinski definition) is 0. The molecule has 0 atom stereocenters. The average Bonchev–Trinajstić information content (AvgIpc) is 2.46. The van der Waals surface area contributed by atoms with Crippen LogP contribution in [0, 0.1) is 0 Å². The minimum atomic E-state index is -0.401. The van der Waals surface area contributed by atoms with Crippen molar-refractivity contribution in [3.8, 4) is 5.69 Å². The van der Waals surface area contributed by atoms with E-state index in [4.69, 9.17) is 0 Å². The van der Waals surface area contributed by atoms with Crippen LogP contribution in [-0.4, -0.2) is 14.1 Å². The summed E-state index contributed by atoms with van der Waals surface area (Å²) >= 11 is 0. The summed E-state index contributed by atoms with van der Waals surface area (Å²) in [5.41, 5.74) is 0.330. The second-order valence-electron chi connectivity index (χ2n) is 4.19. The fourth-order valence-corrected chi connectivity index (χ4v) is 2.06. The monoisotopic (exact) mass is 253 g/mol. The fourth-order valence-electron chi connectivity index (χ4n) is 2.06. The first-order valence-corrected chi connectivity index (χ1v) is 5.82. The zero-order valence-corrected chi connectivity index (χ0v) is 10.3. The van der Waals surface area contributed by atoms with Crippen LogP contribution in [0.15, 0.2) is 58.3 Å². The molecule has 0 fully saturated rings. The van der Waals surface area contributed by atoms with E-state index in [2.05, 4.69) is 4.98 Å². The summed E-state index contributed by atoms with van der Waals surface area (Å²) < 4.78 is 2.54. The smallest absolute Gasteiger partial charge is 0.268 e. The third-order valence-corrected chi connectivity index (χ3v) is 3.03. The molecule has 0 amide bonds. The van der Waals surface area contributed by atoms with Crippen LogP contribution in [0.4, 0.5) is 0 Å². The molecular weight excluding hydrogens is 242 g/mol. The number of benzene rings is 1. The molecule has 0 unspecified atom stereocenters. The zero-order chi connectivity index (χ0) is 13.4. The number of hydrogen-bond acceptors (Lipinski definition) is 3. The first kappa shape index (κ1) is 11.4. The topological polar surface area (TPSA) is 56.9 Å². The van der Waals surface area contributed by atoms with Gasteiger partial charge in [0.15, 0.2) is 5.65 Å². The molecule has 94 valence electrons. The van der Waals surface area contributed by atoms with Crippen molar-refractivity contribution in [2.24, 2.45) is 7.05 Å². The highest BCUT2D eigenvalue weighted by atomic mass is 16.2. The van der Waals surface area contributed by atoms with E-state index >= 15 is 0 Å². The number of para-hydroxylation sites is 1. The van der Waals surface area contributed by atoms with Crippen LogP contribution in [0.5, 0.6) is 0 Å². The molecule has 3 rings (SSSR count). The van der Waals surface area contributed by atoms with Crippen LogP contribution in [0.1, 0.15) is 0 Å². The molecular formula is C14H11N3O2. The van der Waals surface area contributed by atoms with Gasteiger partial charge in [0.25, 0.3) is 5.56 Å². The van der Waals surface area contributed by atoms with Crippen LogP contribution >= 0.6 is 0 Å². The maximum absolute atomic E-state index is 12.3. The molecule has 5 heteroatoms. The van der Waals surface area contributed by atoms with Gasteiger partial charge >= 0.3 is 5.69 Å². The van der Waals surface area contributed by atoms with Gasteiger partial charge in [-0.15, -0.1) is 0 Å². The molecule has 19 heavy (non-hydrogen) atoms. The van der Waals surface area contributed by atoms with Crippen molar-refractivity contribution in [1.82, 2.24) is 14.1 Å². The van der Waals surface area contributed by atoms with E-state index in [1.165, 1.54) is 11.6 Å². The zero-order valence-electron chi connectivity index (χ0n) is 10.3. The predicted octanol–water partition coefficient (Wildman–Crippen LogP) is 1.08. The van der Waals surface area contributed by atoms with Crippen LogP contribution in [0.2, 0.25) is 0 Å². The molecule has 0 spiro atoms. The molecule has 0 saturated heterocycles. The van der Waals surface area contributed by atoms with Gasteiger partial charge in [-0.2, -0.15) is 0 Å². The lowest BCUT2D eigenvalue weighted by atomic mass is 10.3. The Balaban J connectivity index is 2.56. The van der Waals surface area contributed by atoms with E-state index in [1.54, 1.807) is 30.5 Å². The minimum Gasteiger partial charge on any atom is -0.268 e. The lowest BCUT2D eigenvalue weighted by molar-refractivity contribution is 0.748. The lowest BCUT2D eigenvalue weighted by Gasteiger charge is -2.10. The van der Waals surface area contributed by atoms with Crippen molar-refractivity contribution in [1.29, 1.82) is 0 Å². The van der Waals surface area contributed by atoms with Crippen LogP contribution in [0.3, 0.4) is 0 Å². The van der Waals surface area contributed by atoms with E-state index in [0.717, 1.165) is 4.57 Å². The molecule has 0 aliphatic rings. The average molecular weight is 253 g/mol. The maximum Gasteiger partial charge on any atom is 0.337 e. The Labute approximate surface area is 108 Å². The number of pyridine rings is 1. The number of rotatable bonds is 1. The first-order valence-electron chi connectivity index (χ1n) is 5.82. The highest BCUT2D eigenvalue weighted by Crippen LogP contribution is 2.10. The number of fused-ring (bicyclic) bond motifs is 1. The van der Waals surface area contributed by atoms with Gasteiger partial charge in [-0.25, -0.2) is 14.3 Å². The van der Waals surface area contributed by atoms with Gasteiger partial charge in [0.2, 0.25) is 0 Å². The van der Waals surface area contributed by atoms with Crippen molar-refractivity contribution in [2.75, 3.05) is 0 Å². The molecule has 3 aromatic rings. The van der Waals surface area contributed by atoms with Crippen molar-refractivity contribution in [3.63, 3.8) is 0 Å². The Morgan fingerprint density at radius 2 is 1.74 bits per heavy atom. The Kier molecular flexibility index (Phi) is 2.52. The van der Waals surface area contributed by atoms with Crippen LogP contribution in [0.25, 0.3) is 16.7 Å². The van der Waals surface area contributed by atoms with Crippen LogP contribution < -0.4 is 11.2 Å². The van der Waals surface area contributed by atoms with Crippen molar-refractivity contribution >= 4 is 11.0 Å². The summed E-state index contributed by atoms with van der Waals surface area (Å²) in [6.07, 6.45) is 1.57. The van der Waals surface area contributed by atoms with Gasteiger partial charge in [-0.05, 0) is 24.3 Å². The fraction of sp³-hybridized carbons (Fsp3) is 0.0714. The summed E-state index contributed by atoms with van der Waals surface area (Å²) in [6.45, 7) is 0. The molecule has 1 aromatic carbocycles. The Hall–Kier alpha value is -2.69. The van der Waals surface area contributed by atoms with Crippen LogP contribution in [-0.2, 0) is 7.05 Å². The van der Waals surface area contributed by atoms with Gasteiger partial charge in [0, 0.05) is 13.2 Å². The molecule has 0 saturated carbocycles. The van der Waals surface area contributed by atoms with Gasteiger partial charge < -0.3 is 0 Å². The molecule has 0 N–H and O–H groups in total. The Morgan fingerprint density at radius 3 is 2.47 bits per heavy atom. The number of aromatic nitrogens is 3. The van der Waals surface area contributed by atoms with E-state index in [1.807, 2.05) is 18.2 Å². The molecule has 0 bridgehead atoms. The van der Waals surface area contributed by atoms with E-state index in [9.17, 15) is 9.59 Å². The second-order valence-corrected chi connectivity index (χ2v) is 4.19.